The van der Waals surface area contributed by atoms with Gasteiger partial charge in [-0.15, -0.1) is 0 Å². The molecule has 0 aliphatic heterocycles. The largest absolute Gasteiger partial charge is 0.488 e. The van der Waals surface area contributed by atoms with Crippen LogP contribution in [-0.2, 0) is 9.53 Å². The lowest BCUT2D eigenvalue weighted by Gasteiger charge is -2.25. The molecule has 0 radical (unpaired) electrons. The molecule has 1 rings (SSSR count). The molecule has 1 unspecified atom stereocenters. The predicted octanol–water partition coefficient (Wildman–Crippen LogP) is 2.01. The molecule has 1 aromatic rings. The molecule has 0 fully saturated rings. The maximum atomic E-state index is 11.2. The van der Waals surface area contributed by atoms with Crippen molar-refractivity contribution >= 4 is 5.97 Å². The van der Waals surface area contributed by atoms with Gasteiger partial charge in [0.15, 0.2) is 0 Å². The third-order valence-electron chi connectivity index (χ3n) is 2.67. The van der Waals surface area contributed by atoms with Gasteiger partial charge in [-0.1, -0.05) is 38.0 Å². The fourth-order valence-electron chi connectivity index (χ4n) is 1.48. The number of hydrogen-bond donors (Lipinski definition) is 2. The average Bonchev–Trinajstić information content (AvgIpc) is 2.42. The highest BCUT2D eigenvalue weighted by atomic mass is 16.6. The van der Waals surface area contributed by atoms with Crippen molar-refractivity contribution in [1.29, 1.82) is 0 Å². The minimum Gasteiger partial charge on any atom is -0.488 e. The van der Waals surface area contributed by atoms with Gasteiger partial charge in [-0.05, 0) is 18.6 Å². The van der Waals surface area contributed by atoms with Crippen LogP contribution in [0.3, 0.4) is 0 Å². The summed E-state index contributed by atoms with van der Waals surface area (Å²) in [5.41, 5.74) is 3.92. The Morgan fingerprint density at radius 1 is 1.32 bits per heavy atom. The summed E-state index contributed by atoms with van der Waals surface area (Å²) in [4.78, 5) is 11.2. The molecule has 0 spiro atoms. The molecule has 5 nitrogen and oxygen atoms in total. The van der Waals surface area contributed by atoms with Gasteiger partial charge < -0.3 is 14.6 Å². The number of benzene rings is 1. The van der Waals surface area contributed by atoms with Crippen molar-refractivity contribution < 1.29 is 19.4 Å². The lowest BCUT2D eigenvalue weighted by Crippen LogP contribution is -2.55. The van der Waals surface area contributed by atoms with Gasteiger partial charge in [0.25, 0.3) is 5.72 Å². The number of aliphatic carboxylic acids is 1. The first-order valence-corrected chi connectivity index (χ1v) is 6.42. The van der Waals surface area contributed by atoms with E-state index in [9.17, 15) is 4.79 Å². The van der Waals surface area contributed by atoms with E-state index in [1.165, 1.54) is 0 Å². The van der Waals surface area contributed by atoms with E-state index in [4.69, 9.17) is 20.3 Å². The summed E-state index contributed by atoms with van der Waals surface area (Å²) in [6.07, 6.45) is 2.80. The molecule has 0 aromatic heterocycles. The van der Waals surface area contributed by atoms with Gasteiger partial charge >= 0.3 is 5.97 Å². The molecule has 0 saturated heterocycles. The van der Waals surface area contributed by atoms with Crippen LogP contribution in [0.4, 0.5) is 0 Å². The Bertz CT molecular complexity index is 382. The lowest BCUT2D eigenvalue weighted by atomic mass is 10.2. The summed E-state index contributed by atoms with van der Waals surface area (Å²) >= 11 is 0. The van der Waals surface area contributed by atoms with Crippen molar-refractivity contribution in [2.45, 2.75) is 31.9 Å². The Kier molecular flexibility index (Phi) is 6.32. The van der Waals surface area contributed by atoms with Gasteiger partial charge in [-0.25, -0.2) is 4.79 Å². The normalized spacial score (nSPS) is 13.8. The molecular weight excluding hydrogens is 246 g/mol. The van der Waals surface area contributed by atoms with Gasteiger partial charge in [-0.3, -0.25) is 5.73 Å². The Morgan fingerprint density at radius 3 is 2.58 bits per heavy atom. The second-order valence-corrected chi connectivity index (χ2v) is 4.35. The minimum absolute atomic E-state index is 0.224. The molecule has 0 amide bonds. The van der Waals surface area contributed by atoms with E-state index in [-0.39, 0.29) is 6.61 Å². The van der Waals surface area contributed by atoms with E-state index < -0.39 is 11.7 Å². The summed E-state index contributed by atoms with van der Waals surface area (Å²) in [6, 6.07) is 8.92. The standard InChI is InChI=1S/C14H21NO4/c1-2-3-7-10-19-14(15,13(16)17)11-18-12-8-5-4-6-9-12/h4-6,8-9H,2-3,7,10-11,15H2,1H3,(H,16,17). The molecule has 1 aromatic carbocycles. The first-order chi connectivity index (χ1) is 9.08. The van der Waals surface area contributed by atoms with Crippen molar-refractivity contribution in [2.24, 2.45) is 5.73 Å². The molecule has 0 aliphatic carbocycles. The minimum atomic E-state index is -1.80. The molecule has 0 heterocycles. The van der Waals surface area contributed by atoms with E-state index >= 15 is 0 Å². The molecule has 0 saturated carbocycles. The van der Waals surface area contributed by atoms with Gasteiger partial charge in [0.1, 0.15) is 12.4 Å². The Morgan fingerprint density at radius 2 is 2.00 bits per heavy atom. The molecule has 1 atom stereocenters. The van der Waals surface area contributed by atoms with Crippen molar-refractivity contribution in [3.8, 4) is 5.75 Å². The summed E-state index contributed by atoms with van der Waals surface area (Å²) in [7, 11) is 0. The molecule has 3 N–H and O–H groups in total. The van der Waals surface area contributed by atoms with Gasteiger partial charge in [0, 0.05) is 6.61 Å². The average molecular weight is 267 g/mol. The highest BCUT2D eigenvalue weighted by Gasteiger charge is 2.36. The van der Waals surface area contributed by atoms with Crippen LogP contribution in [0.2, 0.25) is 0 Å². The number of nitrogens with two attached hydrogens (primary N) is 1. The summed E-state index contributed by atoms with van der Waals surface area (Å²) in [6.45, 7) is 2.15. The molecular formula is C14H21NO4. The maximum Gasteiger partial charge on any atom is 0.354 e. The van der Waals surface area contributed by atoms with E-state index in [0.717, 1.165) is 19.3 Å². The second-order valence-electron chi connectivity index (χ2n) is 4.35. The van der Waals surface area contributed by atoms with Gasteiger partial charge in [0.05, 0.1) is 0 Å². The zero-order chi connectivity index (χ0) is 14.1. The lowest BCUT2D eigenvalue weighted by molar-refractivity contribution is -0.170. The topological polar surface area (TPSA) is 81.8 Å². The number of carbonyl (C=O) groups is 1. The van der Waals surface area contributed by atoms with Crippen LogP contribution in [-0.4, -0.2) is 30.0 Å². The first kappa shape index (κ1) is 15.5. The number of hydrogen-bond acceptors (Lipinski definition) is 4. The zero-order valence-electron chi connectivity index (χ0n) is 11.2. The highest BCUT2D eigenvalue weighted by molar-refractivity contribution is 5.76. The third kappa shape index (κ3) is 5.28. The number of rotatable bonds is 9. The SMILES string of the molecule is CCCCCOC(N)(COc1ccccc1)C(=O)O. The van der Waals surface area contributed by atoms with E-state index in [2.05, 4.69) is 6.92 Å². The third-order valence-corrected chi connectivity index (χ3v) is 2.67. The molecule has 19 heavy (non-hydrogen) atoms. The van der Waals surface area contributed by atoms with Crippen LogP contribution in [0.15, 0.2) is 30.3 Å². The number of para-hydroxylation sites is 1. The second kappa shape index (κ2) is 7.76. The van der Waals surface area contributed by atoms with E-state index in [1.54, 1.807) is 24.3 Å². The molecule has 106 valence electrons. The van der Waals surface area contributed by atoms with Crippen LogP contribution in [0.5, 0.6) is 5.75 Å². The fraction of sp³-hybridized carbons (Fsp3) is 0.500. The van der Waals surface area contributed by atoms with Crippen molar-refractivity contribution in [1.82, 2.24) is 0 Å². The number of ether oxygens (including phenoxy) is 2. The Balaban J connectivity index is 2.49. The van der Waals surface area contributed by atoms with Crippen molar-refractivity contribution in [2.75, 3.05) is 13.2 Å². The quantitative estimate of drug-likeness (QED) is 0.528. The monoisotopic (exact) mass is 267 g/mol. The maximum absolute atomic E-state index is 11.2. The van der Waals surface area contributed by atoms with Gasteiger partial charge in [-0.2, -0.15) is 0 Å². The van der Waals surface area contributed by atoms with Crippen LogP contribution in [0.25, 0.3) is 0 Å². The van der Waals surface area contributed by atoms with Gasteiger partial charge in [0.2, 0.25) is 0 Å². The first-order valence-electron chi connectivity index (χ1n) is 6.42. The van der Waals surface area contributed by atoms with Crippen LogP contribution < -0.4 is 10.5 Å². The molecule has 0 bridgehead atoms. The van der Waals surface area contributed by atoms with E-state index in [0.29, 0.717) is 12.4 Å². The summed E-state index contributed by atoms with van der Waals surface area (Å²) < 4.78 is 10.6. The van der Waals surface area contributed by atoms with Crippen LogP contribution in [0.1, 0.15) is 26.2 Å². The highest BCUT2D eigenvalue weighted by Crippen LogP contribution is 2.13. The summed E-state index contributed by atoms with van der Waals surface area (Å²) in [5.74, 6) is -0.657. The van der Waals surface area contributed by atoms with Crippen LogP contribution >= 0.6 is 0 Å². The Labute approximate surface area is 113 Å². The predicted molar refractivity (Wildman–Crippen MR) is 72.0 cm³/mol. The molecule has 0 aliphatic rings. The van der Waals surface area contributed by atoms with Crippen LogP contribution in [0, 0.1) is 0 Å². The van der Waals surface area contributed by atoms with Crippen molar-refractivity contribution in [3.05, 3.63) is 30.3 Å². The fourth-order valence-corrected chi connectivity index (χ4v) is 1.48. The van der Waals surface area contributed by atoms with Crippen molar-refractivity contribution in [3.63, 3.8) is 0 Å². The number of unbranched alkanes of at least 4 members (excludes halogenated alkanes) is 2. The number of carboxylic acids is 1. The van der Waals surface area contributed by atoms with E-state index in [1.807, 2.05) is 6.07 Å². The summed E-state index contributed by atoms with van der Waals surface area (Å²) in [5, 5.41) is 9.14. The number of carboxylic acid groups (broad SMARTS) is 1. The Hall–Kier alpha value is -1.59. The smallest absolute Gasteiger partial charge is 0.354 e. The zero-order valence-corrected chi connectivity index (χ0v) is 11.2. The molecule has 5 heteroatoms.